The minimum Gasteiger partial charge on any atom is -0.493 e. The van der Waals surface area contributed by atoms with Crippen molar-refractivity contribution in [2.45, 2.75) is 57.0 Å². The fraction of sp³-hybridized carbons (Fsp3) is 0.444. The number of rotatable bonds is 7. The van der Waals surface area contributed by atoms with Gasteiger partial charge >= 0.3 is 0 Å². The Bertz CT molecular complexity index is 698. The normalized spacial score (nSPS) is 12.3. The van der Waals surface area contributed by atoms with Gasteiger partial charge in [0, 0.05) is 12.3 Å². The average Bonchev–Trinajstić information content (AvgIpc) is 2.54. The topological polar surface area (TPSA) is 55.1 Å². The van der Waals surface area contributed by atoms with E-state index >= 15 is 0 Å². The molecule has 124 valence electrons. The first-order valence-corrected chi connectivity index (χ1v) is 9.07. The predicted octanol–water partition coefficient (Wildman–Crippen LogP) is 4.16. The molecule has 0 saturated heterocycles. The molecule has 1 aromatic heterocycles. The SMILES string of the molecule is CCCC(C)c1c(O)nc(SCc2ccccc2)n(CC)c1=O. The number of thioether (sulfide) groups is 1. The second-order valence-electron chi connectivity index (χ2n) is 5.65. The van der Waals surface area contributed by atoms with E-state index in [0.717, 1.165) is 24.2 Å². The molecular formula is C18H24N2O2S. The van der Waals surface area contributed by atoms with Crippen LogP contribution in [0.15, 0.2) is 40.3 Å². The molecule has 1 atom stereocenters. The largest absolute Gasteiger partial charge is 0.493 e. The lowest BCUT2D eigenvalue weighted by atomic mass is 9.98. The van der Waals surface area contributed by atoms with Crippen LogP contribution in [0.2, 0.25) is 0 Å². The highest BCUT2D eigenvalue weighted by Crippen LogP contribution is 2.28. The van der Waals surface area contributed by atoms with E-state index in [1.54, 1.807) is 4.57 Å². The van der Waals surface area contributed by atoms with Gasteiger partial charge in [-0.3, -0.25) is 9.36 Å². The van der Waals surface area contributed by atoms with Gasteiger partial charge in [0.2, 0.25) is 5.88 Å². The summed E-state index contributed by atoms with van der Waals surface area (Å²) < 4.78 is 1.66. The van der Waals surface area contributed by atoms with Gasteiger partial charge in [0.1, 0.15) is 0 Å². The van der Waals surface area contributed by atoms with Gasteiger partial charge < -0.3 is 5.11 Å². The van der Waals surface area contributed by atoms with Gasteiger partial charge in [0.15, 0.2) is 5.16 Å². The standard InChI is InChI=1S/C18H24N2O2S/c1-4-9-13(3)15-16(21)19-18(20(5-2)17(15)22)23-12-14-10-7-6-8-11-14/h6-8,10-11,13,21H,4-5,9,12H2,1-3H3. The number of aromatic hydroxyl groups is 1. The molecule has 0 spiro atoms. The van der Waals surface area contributed by atoms with Crippen LogP contribution >= 0.6 is 11.8 Å². The Kier molecular flexibility index (Phi) is 6.28. The maximum atomic E-state index is 12.7. The van der Waals surface area contributed by atoms with Crippen LogP contribution in [0.4, 0.5) is 0 Å². The molecule has 2 aromatic rings. The van der Waals surface area contributed by atoms with Crippen molar-refractivity contribution < 1.29 is 5.11 Å². The lowest BCUT2D eigenvalue weighted by Gasteiger charge is -2.16. The summed E-state index contributed by atoms with van der Waals surface area (Å²) in [6.07, 6.45) is 1.83. The van der Waals surface area contributed by atoms with E-state index in [1.165, 1.54) is 11.8 Å². The molecule has 0 radical (unpaired) electrons. The molecule has 1 unspecified atom stereocenters. The molecule has 0 fully saturated rings. The van der Waals surface area contributed by atoms with E-state index in [4.69, 9.17) is 0 Å². The van der Waals surface area contributed by atoms with Crippen LogP contribution < -0.4 is 5.56 Å². The molecule has 0 amide bonds. The summed E-state index contributed by atoms with van der Waals surface area (Å²) >= 11 is 1.48. The maximum Gasteiger partial charge on any atom is 0.261 e. The summed E-state index contributed by atoms with van der Waals surface area (Å²) in [6.45, 7) is 6.53. The first-order valence-electron chi connectivity index (χ1n) is 8.08. The Morgan fingerprint density at radius 1 is 1.26 bits per heavy atom. The molecule has 2 rings (SSSR count). The Labute approximate surface area is 141 Å². The van der Waals surface area contributed by atoms with Crippen LogP contribution in [-0.4, -0.2) is 14.7 Å². The minimum atomic E-state index is -0.115. The molecule has 1 aromatic carbocycles. The van der Waals surface area contributed by atoms with Gasteiger partial charge in [-0.25, -0.2) is 0 Å². The molecular weight excluding hydrogens is 308 g/mol. The molecule has 0 aliphatic carbocycles. The van der Waals surface area contributed by atoms with Gasteiger partial charge in [-0.1, -0.05) is 62.4 Å². The highest BCUT2D eigenvalue weighted by molar-refractivity contribution is 7.98. The number of hydrogen-bond donors (Lipinski definition) is 1. The number of aromatic nitrogens is 2. The molecule has 1 heterocycles. The van der Waals surface area contributed by atoms with Crippen molar-refractivity contribution in [3.63, 3.8) is 0 Å². The Balaban J connectivity index is 2.32. The highest BCUT2D eigenvalue weighted by Gasteiger charge is 2.20. The summed E-state index contributed by atoms with van der Waals surface area (Å²) in [7, 11) is 0. The highest BCUT2D eigenvalue weighted by atomic mass is 32.2. The van der Waals surface area contributed by atoms with Gasteiger partial charge in [-0.05, 0) is 24.8 Å². The van der Waals surface area contributed by atoms with Crippen molar-refractivity contribution in [1.82, 2.24) is 9.55 Å². The van der Waals surface area contributed by atoms with E-state index in [1.807, 2.05) is 44.2 Å². The van der Waals surface area contributed by atoms with Crippen LogP contribution in [0.1, 0.15) is 50.7 Å². The second-order valence-corrected chi connectivity index (χ2v) is 6.59. The molecule has 0 saturated carbocycles. The van der Waals surface area contributed by atoms with Crippen molar-refractivity contribution in [2.75, 3.05) is 0 Å². The van der Waals surface area contributed by atoms with Crippen LogP contribution in [-0.2, 0) is 12.3 Å². The number of nitrogens with zero attached hydrogens (tertiary/aromatic N) is 2. The predicted molar refractivity (Wildman–Crippen MR) is 95.2 cm³/mol. The van der Waals surface area contributed by atoms with Gasteiger partial charge in [0.05, 0.1) is 5.56 Å². The Hall–Kier alpha value is -1.75. The average molecular weight is 332 g/mol. The van der Waals surface area contributed by atoms with E-state index in [0.29, 0.717) is 17.3 Å². The molecule has 0 aliphatic rings. The zero-order valence-electron chi connectivity index (χ0n) is 14.0. The summed E-state index contributed by atoms with van der Waals surface area (Å²) in [5.41, 5.74) is 1.49. The lowest BCUT2D eigenvalue weighted by molar-refractivity contribution is 0.415. The van der Waals surface area contributed by atoms with Crippen LogP contribution in [0.25, 0.3) is 0 Å². The smallest absolute Gasteiger partial charge is 0.261 e. The lowest BCUT2D eigenvalue weighted by Crippen LogP contribution is -2.27. The Morgan fingerprint density at radius 3 is 2.57 bits per heavy atom. The summed E-state index contributed by atoms with van der Waals surface area (Å²) in [6, 6.07) is 10.0. The van der Waals surface area contributed by atoms with Crippen molar-refractivity contribution in [1.29, 1.82) is 0 Å². The molecule has 4 nitrogen and oxygen atoms in total. The molecule has 5 heteroatoms. The van der Waals surface area contributed by atoms with Crippen molar-refractivity contribution >= 4 is 11.8 Å². The van der Waals surface area contributed by atoms with Crippen molar-refractivity contribution in [3.8, 4) is 5.88 Å². The quantitative estimate of drug-likeness (QED) is 0.611. The maximum absolute atomic E-state index is 12.7. The molecule has 0 aliphatic heterocycles. The van der Waals surface area contributed by atoms with E-state index in [2.05, 4.69) is 11.9 Å². The summed E-state index contributed by atoms with van der Waals surface area (Å²) in [5.74, 6) is 0.624. The number of hydrogen-bond acceptors (Lipinski definition) is 4. The fourth-order valence-electron chi connectivity index (χ4n) is 2.66. The molecule has 23 heavy (non-hydrogen) atoms. The van der Waals surface area contributed by atoms with Crippen molar-refractivity contribution in [2.24, 2.45) is 0 Å². The Morgan fingerprint density at radius 2 is 1.96 bits per heavy atom. The third-order valence-corrected chi connectivity index (χ3v) is 4.94. The van der Waals surface area contributed by atoms with Crippen LogP contribution in [0, 0.1) is 0 Å². The van der Waals surface area contributed by atoms with Gasteiger partial charge in [0.25, 0.3) is 5.56 Å². The zero-order chi connectivity index (χ0) is 16.8. The molecule has 1 N–H and O–H groups in total. The van der Waals surface area contributed by atoms with E-state index in [9.17, 15) is 9.90 Å². The monoisotopic (exact) mass is 332 g/mol. The third kappa shape index (κ3) is 4.16. The zero-order valence-corrected chi connectivity index (χ0v) is 14.8. The number of benzene rings is 1. The third-order valence-electron chi connectivity index (χ3n) is 3.89. The van der Waals surface area contributed by atoms with Crippen LogP contribution in [0.3, 0.4) is 0 Å². The minimum absolute atomic E-state index is 0.0194. The second kappa shape index (κ2) is 8.20. The first kappa shape index (κ1) is 17.6. The first-order chi connectivity index (χ1) is 11.1. The van der Waals surface area contributed by atoms with Crippen molar-refractivity contribution in [3.05, 3.63) is 51.8 Å². The van der Waals surface area contributed by atoms with Gasteiger partial charge in [-0.15, -0.1) is 0 Å². The van der Waals surface area contributed by atoms with Gasteiger partial charge in [-0.2, -0.15) is 4.98 Å². The van der Waals surface area contributed by atoms with E-state index in [-0.39, 0.29) is 17.4 Å². The van der Waals surface area contributed by atoms with Crippen LogP contribution in [0.5, 0.6) is 5.88 Å². The van der Waals surface area contributed by atoms with E-state index < -0.39 is 0 Å². The molecule has 0 bridgehead atoms. The summed E-state index contributed by atoms with van der Waals surface area (Å²) in [4.78, 5) is 17.0. The fourth-order valence-corrected chi connectivity index (χ4v) is 3.67. The summed E-state index contributed by atoms with van der Waals surface area (Å²) in [5, 5.41) is 10.8.